The molecule has 0 fully saturated rings. The Morgan fingerprint density at radius 3 is 2.62 bits per heavy atom. The van der Waals surface area contributed by atoms with E-state index in [1.54, 1.807) is 24.3 Å². The third-order valence-corrected chi connectivity index (χ3v) is 3.58. The molecule has 0 aliphatic rings. The van der Waals surface area contributed by atoms with Crippen molar-refractivity contribution in [1.82, 2.24) is 9.55 Å². The Kier molecular flexibility index (Phi) is 3.35. The van der Waals surface area contributed by atoms with E-state index in [-0.39, 0.29) is 15.5 Å². The zero-order valence-electron chi connectivity index (χ0n) is 10.4. The number of hydrogen-bond donors (Lipinski definition) is 1. The number of nitrogens with zero attached hydrogens (tertiary/aromatic N) is 1. The maximum absolute atomic E-state index is 14.0. The van der Waals surface area contributed by atoms with Crippen LogP contribution in [0.3, 0.4) is 0 Å². The summed E-state index contributed by atoms with van der Waals surface area (Å²) in [5.74, 6) is -1.79. The highest BCUT2D eigenvalue weighted by molar-refractivity contribution is 7.71. The van der Waals surface area contributed by atoms with Crippen LogP contribution in [0.1, 0.15) is 0 Å². The summed E-state index contributed by atoms with van der Waals surface area (Å²) in [5.41, 5.74) is -0.265. The van der Waals surface area contributed by atoms with E-state index >= 15 is 0 Å². The normalized spacial score (nSPS) is 11.0. The van der Waals surface area contributed by atoms with Crippen LogP contribution >= 0.6 is 23.8 Å². The molecule has 3 rings (SSSR count). The van der Waals surface area contributed by atoms with Gasteiger partial charge in [0.2, 0.25) is 0 Å². The molecule has 7 heteroatoms. The molecule has 1 N–H and O–H groups in total. The number of rotatable bonds is 1. The van der Waals surface area contributed by atoms with E-state index in [0.717, 1.165) is 10.6 Å². The molecule has 0 atom stereocenters. The first kappa shape index (κ1) is 13.9. The lowest BCUT2D eigenvalue weighted by atomic mass is 10.2. The second-order valence-corrected chi connectivity index (χ2v) is 5.13. The minimum atomic E-state index is -0.961. The van der Waals surface area contributed by atoms with Crippen molar-refractivity contribution in [1.29, 1.82) is 0 Å². The average Bonchev–Trinajstić information content (AvgIpc) is 2.41. The van der Waals surface area contributed by atoms with Crippen LogP contribution < -0.4 is 5.56 Å². The number of halogens is 3. The van der Waals surface area contributed by atoms with Crippen LogP contribution in [-0.4, -0.2) is 9.55 Å². The number of aromatic amines is 1. The molecule has 0 radical (unpaired) electrons. The summed E-state index contributed by atoms with van der Waals surface area (Å²) in [4.78, 5) is 15.3. The van der Waals surface area contributed by atoms with Crippen LogP contribution in [-0.2, 0) is 0 Å². The van der Waals surface area contributed by atoms with Crippen LogP contribution in [0, 0.1) is 16.4 Å². The van der Waals surface area contributed by atoms with Gasteiger partial charge in [0, 0.05) is 6.07 Å². The van der Waals surface area contributed by atoms with Gasteiger partial charge in [-0.15, -0.1) is 0 Å². The predicted octanol–water partition coefficient (Wildman–Crippen LogP) is 3.98. The van der Waals surface area contributed by atoms with Gasteiger partial charge >= 0.3 is 0 Å². The van der Waals surface area contributed by atoms with Gasteiger partial charge in [0.15, 0.2) is 10.6 Å². The standard InChI is InChI=1S/C14H7ClF2N2OS/c15-9-5-7(16)6-10(17)12(9)19-13(20)8-3-1-2-4-11(8)18-14(19)21/h1-6H,(H,18,21). The maximum Gasteiger partial charge on any atom is 0.266 e. The molecule has 0 saturated carbocycles. The predicted molar refractivity (Wildman–Crippen MR) is 79.7 cm³/mol. The van der Waals surface area contributed by atoms with Crippen molar-refractivity contribution in [3.63, 3.8) is 0 Å². The van der Waals surface area contributed by atoms with E-state index in [1.165, 1.54) is 0 Å². The molecule has 0 amide bonds. The molecule has 2 aromatic carbocycles. The van der Waals surface area contributed by atoms with E-state index in [9.17, 15) is 13.6 Å². The fourth-order valence-electron chi connectivity index (χ4n) is 2.11. The van der Waals surface area contributed by atoms with E-state index < -0.39 is 17.2 Å². The van der Waals surface area contributed by atoms with Gasteiger partial charge in [-0.1, -0.05) is 23.7 Å². The Morgan fingerprint density at radius 2 is 1.90 bits per heavy atom. The topological polar surface area (TPSA) is 37.8 Å². The molecular formula is C14H7ClF2N2OS. The summed E-state index contributed by atoms with van der Waals surface area (Å²) in [6, 6.07) is 8.25. The first-order valence-electron chi connectivity index (χ1n) is 5.88. The number of nitrogens with one attached hydrogen (secondary N) is 1. The van der Waals surface area contributed by atoms with E-state index in [2.05, 4.69) is 4.98 Å². The minimum absolute atomic E-state index is 0.0221. The lowest BCUT2D eigenvalue weighted by Gasteiger charge is -2.11. The third kappa shape index (κ3) is 2.26. The zero-order valence-corrected chi connectivity index (χ0v) is 11.9. The fraction of sp³-hybridized carbons (Fsp3) is 0. The van der Waals surface area contributed by atoms with Crippen molar-refractivity contribution < 1.29 is 8.78 Å². The molecule has 1 aromatic heterocycles. The maximum atomic E-state index is 14.0. The number of hydrogen-bond acceptors (Lipinski definition) is 2. The van der Waals surface area contributed by atoms with Gasteiger partial charge in [0.25, 0.3) is 5.56 Å². The smallest absolute Gasteiger partial charge is 0.266 e. The lowest BCUT2D eigenvalue weighted by Crippen LogP contribution is -2.22. The van der Waals surface area contributed by atoms with Crippen LogP contribution in [0.5, 0.6) is 0 Å². The van der Waals surface area contributed by atoms with Crippen molar-refractivity contribution in [2.75, 3.05) is 0 Å². The summed E-state index contributed by atoms with van der Waals surface area (Å²) < 4.78 is 28.0. The highest BCUT2D eigenvalue weighted by Crippen LogP contribution is 2.24. The second kappa shape index (κ2) is 5.05. The third-order valence-electron chi connectivity index (χ3n) is 3.01. The molecule has 0 aliphatic carbocycles. The van der Waals surface area contributed by atoms with E-state index in [1.807, 2.05) is 0 Å². The van der Waals surface area contributed by atoms with Crippen molar-refractivity contribution in [2.45, 2.75) is 0 Å². The molecule has 0 bridgehead atoms. The Morgan fingerprint density at radius 1 is 1.19 bits per heavy atom. The minimum Gasteiger partial charge on any atom is -0.331 e. The molecule has 0 saturated heterocycles. The van der Waals surface area contributed by atoms with Crippen LogP contribution in [0.15, 0.2) is 41.2 Å². The zero-order chi connectivity index (χ0) is 15.1. The Bertz CT molecular complexity index is 958. The first-order chi connectivity index (χ1) is 9.99. The number of aromatic nitrogens is 2. The number of fused-ring (bicyclic) bond motifs is 1. The Labute approximate surface area is 127 Å². The molecule has 21 heavy (non-hydrogen) atoms. The first-order valence-corrected chi connectivity index (χ1v) is 6.66. The summed E-state index contributed by atoms with van der Waals surface area (Å²) in [6.45, 7) is 0. The summed E-state index contributed by atoms with van der Waals surface area (Å²) in [6.07, 6.45) is 0. The average molecular weight is 325 g/mol. The lowest BCUT2D eigenvalue weighted by molar-refractivity contribution is 0.576. The second-order valence-electron chi connectivity index (χ2n) is 4.33. The van der Waals surface area contributed by atoms with Crippen LogP contribution in [0.25, 0.3) is 16.6 Å². The van der Waals surface area contributed by atoms with Gasteiger partial charge in [-0.3, -0.25) is 4.79 Å². The van der Waals surface area contributed by atoms with Gasteiger partial charge in [0.05, 0.1) is 15.9 Å². The van der Waals surface area contributed by atoms with Crippen molar-refractivity contribution in [2.24, 2.45) is 0 Å². The van der Waals surface area contributed by atoms with Gasteiger partial charge in [-0.25, -0.2) is 13.3 Å². The highest BCUT2D eigenvalue weighted by atomic mass is 35.5. The molecule has 3 aromatic rings. The van der Waals surface area contributed by atoms with Gasteiger partial charge in [0.1, 0.15) is 11.5 Å². The molecule has 0 spiro atoms. The Hall–Kier alpha value is -2.05. The SMILES string of the molecule is O=c1c2ccccc2[nH]c(=S)n1-c1c(F)cc(F)cc1Cl. The monoisotopic (exact) mass is 324 g/mol. The summed E-state index contributed by atoms with van der Waals surface area (Å²) >= 11 is 11.0. The van der Waals surface area contributed by atoms with E-state index in [0.29, 0.717) is 17.0 Å². The Balaban J connectivity index is 2.47. The fourth-order valence-corrected chi connectivity index (χ4v) is 2.68. The van der Waals surface area contributed by atoms with Gasteiger partial charge in [-0.05, 0) is 30.4 Å². The van der Waals surface area contributed by atoms with Crippen molar-refractivity contribution in [3.05, 3.63) is 68.2 Å². The highest BCUT2D eigenvalue weighted by Gasteiger charge is 2.16. The molecule has 3 nitrogen and oxygen atoms in total. The van der Waals surface area contributed by atoms with Crippen LogP contribution in [0.4, 0.5) is 8.78 Å². The number of benzene rings is 2. The summed E-state index contributed by atoms with van der Waals surface area (Å²) in [5, 5.41) is 0.0928. The van der Waals surface area contributed by atoms with Crippen molar-refractivity contribution in [3.8, 4) is 5.69 Å². The van der Waals surface area contributed by atoms with Crippen molar-refractivity contribution >= 4 is 34.7 Å². The molecule has 1 heterocycles. The van der Waals surface area contributed by atoms with Gasteiger partial charge < -0.3 is 4.98 Å². The molecule has 106 valence electrons. The molecular weight excluding hydrogens is 318 g/mol. The quantitative estimate of drug-likeness (QED) is 0.688. The molecule has 0 aliphatic heterocycles. The van der Waals surface area contributed by atoms with E-state index in [4.69, 9.17) is 23.8 Å². The largest absolute Gasteiger partial charge is 0.331 e. The summed E-state index contributed by atoms with van der Waals surface area (Å²) in [7, 11) is 0. The number of para-hydroxylation sites is 1. The van der Waals surface area contributed by atoms with Crippen LogP contribution in [0.2, 0.25) is 5.02 Å². The van der Waals surface area contributed by atoms with Gasteiger partial charge in [-0.2, -0.15) is 0 Å². The number of H-pyrrole nitrogens is 1. The molecule has 0 unspecified atom stereocenters.